The average Bonchev–Trinajstić information content (AvgIpc) is 2.27. The minimum Gasteiger partial charge on any atom is -0.495 e. The molecule has 1 aliphatic rings. The van der Waals surface area contributed by atoms with Gasteiger partial charge in [-0.3, -0.25) is 0 Å². The lowest BCUT2D eigenvalue weighted by molar-refractivity contribution is 0.415. The number of anilines is 2. The zero-order chi connectivity index (χ0) is 11.7. The van der Waals surface area contributed by atoms with Crippen molar-refractivity contribution in [3.05, 3.63) is 18.2 Å². The van der Waals surface area contributed by atoms with Crippen LogP contribution < -0.4 is 15.0 Å². The molecule has 3 heteroatoms. The van der Waals surface area contributed by atoms with E-state index in [2.05, 4.69) is 37.1 Å². The van der Waals surface area contributed by atoms with Gasteiger partial charge in [-0.05, 0) is 32.9 Å². The van der Waals surface area contributed by atoms with Crippen LogP contribution in [0.5, 0.6) is 5.75 Å². The normalized spacial score (nSPS) is 19.3. The third kappa shape index (κ3) is 1.82. The van der Waals surface area contributed by atoms with E-state index < -0.39 is 0 Å². The fourth-order valence-corrected chi connectivity index (χ4v) is 2.25. The molecule has 0 bridgehead atoms. The summed E-state index contributed by atoms with van der Waals surface area (Å²) in [6.07, 6.45) is 0. The topological polar surface area (TPSA) is 24.5 Å². The number of hydrogen-bond acceptors (Lipinski definition) is 3. The molecule has 0 aromatic heterocycles. The smallest absolute Gasteiger partial charge is 0.144 e. The number of nitrogens with zero attached hydrogens (tertiary/aromatic N) is 1. The Balaban J connectivity index is 2.46. The molecule has 3 nitrogen and oxygen atoms in total. The molecule has 0 aliphatic carbocycles. The van der Waals surface area contributed by atoms with Gasteiger partial charge in [-0.15, -0.1) is 0 Å². The van der Waals surface area contributed by atoms with Crippen molar-refractivity contribution in [3.63, 3.8) is 0 Å². The average molecular weight is 220 g/mol. The predicted molar refractivity (Wildman–Crippen MR) is 68.6 cm³/mol. The van der Waals surface area contributed by atoms with Crippen LogP contribution in [-0.2, 0) is 0 Å². The van der Waals surface area contributed by atoms with Crippen molar-refractivity contribution in [1.82, 2.24) is 0 Å². The highest BCUT2D eigenvalue weighted by molar-refractivity contribution is 5.79. The van der Waals surface area contributed by atoms with Crippen LogP contribution in [0.15, 0.2) is 18.2 Å². The second-order valence-electron chi connectivity index (χ2n) is 4.65. The summed E-state index contributed by atoms with van der Waals surface area (Å²) < 4.78 is 5.40. The molecule has 1 aromatic rings. The Morgan fingerprint density at radius 1 is 1.44 bits per heavy atom. The molecular weight excluding hydrogens is 200 g/mol. The Bertz CT molecular complexity index is 376. The summed E-state index contributed by atoms with van der Waals surface area (Å²) in [6, 6.07) is 7.16. The number of para-hydroxylation sites is 1. The molecule has 16 heavy (non-hydrogen) atoms. The van der Waals surface area contributed by atoms with Crippen molar-refractivity contribution in [2.24, 2.45) is 0 Å². The molecular formula is C13H20N2O. The molecule has 0 fully saturated rings. The Morgan fingerprint density at radius 2 is 2.19 bits per heavy atom. The van der Waals surface area contributed by atoms with Gasteiger partial charge in [0.1, 0.15) is 11.4 Å². The molecule has 1 unspecified atom stereocenters. The standard InChI is InChI=1S/C13H20N2O/c1-9(2)15-8-10(3)14-13-11(15)6-5-7-12(13)16-4/h5-7,9-10,14H,8H2,1-4H3. The zero-order valence-corrected chi connectivity index (χ0v) is 10.4. The first-order valence-electron chi connectivity index (χ1n) is 5.83. The summed E-state index contributed by atoms with van der Waals surface area (Å²) in [5, 5.41) is 3.50. The van der Waals surface area contributed by atoms with E-state index in [0.29, 0.717) is 12.1 Å². The minimum absolute atomic E-state index is 0.450. The molecule has 1 aliphatic heterocycles. The minimum atomic E-state index is 0.450. The van der Waals surface area contributed by atoms with Crippen LogP contribution in [0.2, 0.25) is 0 Å². The van der Waals surface area contributed by atoms with Gasteiger partial charge in [0.15, 0.2) is 0 Å². The van der Waals surface area contributed by atoms with Crippen molar-refractivity contribution >= 4 is 11.4 Å². The molecule has 1 aromatic carbocycles. The number of nitrogens with one attached hydrogen (secondary N) is 1. The highest BCUT2D eigenvalue weighted by atomic mass is 16.5. The predicted octanol–water partition coefficient (Wildman–Crippen LogP) is 2.72. The zero-order valence-electron chi connectivity index (χ0n) is 10.4. The van der Waals surface area contributed by atoms with Gasteiger partial charge in [0, 0.05) is 18.6 Å². The van der Waals surface area contributed by atoms with Crippen LogP contribution in [-0.4, -0.2) is 25.7 Å². The summed E-state index contributed by atoms with van der Waals surface area (Å²) in [4.78, 5) is 2.42. The van der Waals surface area contributed by atoms with E-state index in [1.807, 2.05) is 12.1 Å². The number of benzene rings is 1. The molecule has 2 rings (SSSR count). The first-order valence-corrected chi connectivity index (χ1v) is 5.83. The van der Waals surface area contributed by atoms with Gasteiger partial charge in [0.25, 0.3) is 0 Å². The quantitative estimate of drug-likeness (QED) is 0.829. The summed E-state index contributed by atoms with van der Waals surface area (Å²) in [6.45, 7) is 7.69. The lowest BCUT2D eigenvalue weighted by Gasteiger charge is -2.39. The van der Waals surface area contributed by atoms with Gasteiger partial charge < -0.3 is 15.0 Å². The van der Waals surface area contributed by atoms with E-state index in [1.54, 1.807) is 7.11 Å². The van der Waals surface area contributed by atoms with Gasteiger partial charge in [0.2, 0.25) is 0 Å². The van der Waals surface area contributed by atoms with Gasteiger partial charge >= 0.3 is 0 Å². The SMILES string of the molecule is COc1cccc2c1NC(C)CN2C(C)C. The Labute approximate surface area is 97.4 Å². The molecule has 0 saturated heterocycles. The number of hydrogen-bond donors (Lipinski definition) is 1. The molecule has 0 saturated carbocycles. The van der Waals surface area contributed by atoms with Crippen molar-refractivity contribution < 1.29 is 4.74 Å². The number of methoxy groups -OCH3 is 1. The van der Waals surface area contributed by atoms with E-state index >= 15 is 0 Å². The van der Waals surface area contributed by atoms with Crippen LogP contribution >= 0.6 is 0 Å². The van der Waals surface area contributed by atoms with E-state index in [4.69, 9.17) is 4.74 Å². The van der Waals surface area contributed by atoms with Crippen molar-refractivity contribution in [3.8, 4) is 5.75 Å². The fourth-order valence-electron chi connectivity index (χ4n) is 2.25. The fraction of sp³-hybridized carbons (Fsp3) is 0.538. The third-order valence-electron chi connectivity index (χ3n) is 3.02. The summed E-state index contributed by atoms with van der Waals surface area (Å²) in [7, 11) is 1.72. The Morgan fingerprint density at radius 3 is 2.81 bits per heavy atom. The second kappa shape index (κ2) is 4.24. The van der Waals surface area contributed by atoms with Gasteiger partial charge in [-0.2, -0.15) is 0 Å². The van der Waals surface area contributed by atoms with Gasteiger partial charge in [-0.1, -0.05) is 6.07 Å². The van der Waals surface area contributed by atoms with E-state index in [-0.39, 0.29) is 0 Å². The summed E-state index contributed by atoms with van der Waals surface area (Å²) in [5.74, 6) is 0.926. The lowest BCUT2D eigenvalue weighted by Crippen LogP contribution is -2.43. The Hall–Kier alpha value is -1.38. The number of rotatable bonds is 2. The third-order valence-corrected chi connectivity index (χ3v) is 3.02. The monoisotopic (exact) mass is 220 g/mol. The molecule has 1 heterocycles. The van der Waals surface area contributed by atoms with Crippen LogP contribution in [0, 0.1) is 0 Å². The van der Waals surface area contributed by atoms with Gasteiger partial charge in [-0.25, -0.2) is 0 Å². The molecule has 0 amide bonds. The van der Waals surface area contributed by atoms with Crippen molar-refractivity contribution in [1.29, 1.82) is 0 Å². The maximum atomic E-state index is 5.40. The van der Waals surface area contributed by atoms with Crippen LogP contribution in [0.3, 0.4) is 0 Å². The van der Waals surface area contributed by atoms with Crippen LogP contribution in [0.1, 0.15) is 20.8 Å². The largest absolute Gasteiger partial charge is 0.495 e. The van der Waals surface area contributed by atoms with Crippen LogP contribution in [0.25, 0.3) is 0 Å². The molecule has 1 atom stereocenters. The van der Waals surface area contributed by atoms with E-state index in [9.17, 15) is 0 Å². The Kier molecular flexibility index (Phi) is 2.95. The molecule has 1 N–H and O–H groups in total. The van der Waals surface area contributed by atoms with Crippen molar-refractivity contribution in [2.45, 2.75) is 32.9 Å². The summed E-state index contributed by atoms with van der Waals surface area (Å²) in [5.41, 5.74) is 2.37. The summed E-state index contributed by atoms with van der Waals surface area (Å²) >= 11 is 0. The molecule has 88 valence electrons. The highest BCUT2D eigenvalue weighted by Gasteiger charge is 2.25. The lowest BCUT2D eigenvalue weighted by atomic mass is 10.1. The number of ether oxygens (including phenoxy) is 1. The van der Waals surface area contributed by atoms with Crippen LogP contribution in [0.4, 0.5) is 11.4 Å². The second-order valence-corrected chi connectivity index (χ2v) is 4.65. The maximum absolute atomic E-state index is 5.40. The molecule has 0 spiro atoms. The van der Waals surface area contributed by atoms with Crippen molar-refractivity contribution in [2.75, 3.05) is 23.9 Å². The molecule has 0 radical (unpaired) electrons. The highest BCUT2D eigenvalue weighted by Crippen LogP contribution is 2.39. The van der Waals surface area contributed by atoms with E-state index in [0.717, 1.165) is 18.0 Å². The first kappa shape index (κ1) is 11.1. The van der Waals surface area contributed by atoms with Gasteiger partial charge in [0.05, 0.1) is 12.8 Å². The maximum Gasteiger partial charge on any atom is 0.144 e. The van der Waals surface area contributed by atoms with E-state index in [1.165, 1.54) is 5.69 Å². The first-order chi connectivity index (χ1) is 7.63. The number of fused-ring (bicyclic) bond motifs is 1.